The van der Waals surface area contributed by atoms with Gasteiger partial charge in [-0.2, -0.15) is 0 Å². The van der Waals surface area contributed by atoms with Gasteiger partial charge in [-0.05, 0) is 60.2 Å². The minimum absolute atomic E-state index is 0.276. The van der Waals surface area contributed by atoms with Crippen molar-refractivity contribution in [2.45, 2.75) is 33.1 Å². The van der Waals surface area contributed by atoms with Crippen molar-refractivity contribution < 1.29 is 5.11 Å². The molecule has 0 aliphatic rings. The number of aromatic hydroxyl groups is 1. The molecule has 0 saturated heterocycles. The monoisotopic (exact) mass is 281 g/mol. The van der Waals surface area contributed by atoms with Crippen LogP contribution in [0.3, 0.4) is 0 Å². The van der Waals surface area contributed by atoms with Gasteiger partial charge in [0.25, 0.3) is 0 Å². The Kier molecular flexibility index (Phi) is 4.69. The van der Waals surface area contributed by atoms with Crippen LogP contribution in [0.4, 0.5) is 5.69 Å². The fourth-order valence-electron chi connectivity index (χ4n) is 2.59. The molecule has 0 heterocycles. The first-order valence-corrected chi connectivity index (χ1v) is 7.36. The van der Waals surface area contributed by atoms with Crippen LogP contribution < -0.4 is 5.73 Å². The van der Waals surface area contributed by atoms with Gasteiger partial charge in [0.05, 0.1) is 0 Å². The molecule has 0 unspecified atom stereocenters. The minimum atomic E-state index is 0.276. The summed E-state index contributed by atoms with van der Waals surface area (Å²) in [6, 6.07) is 11.6. The number of aryl methyl sites for hydroxylation is 1. The Labute approximate surface area is 126 Å². The van der Waals surface area contributed by atoms with E-state index in [1.54, 1.807) is 12.1 Å². The summed E-state index contributed by atoms with van der Waals surface area (Å²) in [5.74, 6) is 0.276. The Balaban J connectivity index is 2.58. The molecule has 0 fully saturated rings. The Hall–Kier alpha value is -2.22. The molecule has 0 aliphatic carbocycles. The number of hydrogen-bond acceptors (Lipinski definition) is 2. The van der Waals surface area contributed by atoms with E-state index in [4.69, 9.17) is 5.73 Å². The molecule has 0 atom stereocenters. The number of allylic oxidation sites excluding steroid dienone is 1. The summed E-state index contributed by atoms with van der Waals surface area (Å²) in [6.07, 6.45) is 2.88. The zero-order valence-corrected chi connectivity index (χ0v) is 12.8. The van der Waals surface area contributed by atoms with E-state index in [1.165, 1.54) is 5.56 Å². The second kappa shape index (κ2) is 6.49. The summed E-state index contributed by atoms with van der Waals surface area (Å²) >= 11 is 0. The van der Waals surface area contributed by atoms with Crippen LogP contribution in [0, 0.1) is 0 Å². The summed E-state index contributed by atoms with van der Waals surface area (Å²) in [4.78, 5) is 0. The quantitative estimate of drug-likeness (QED) is 0.615. The van der Waals surface area contributed by atoms with Crippen molar-refractivity contribution in [1.29, 1.82) is 0 Å². The lowest BCUT2D eigenvalue weighted by Crippen LogP contribution is -2.01. The molecular formula is C19H23NO. The Morgan fingerprint density at radius 3 is 2.43 bits per heavy atom. The lowest BCUT2D eigenvalue weighted by Gasteiger charge is -2.15. The Bertz CT molecular complexity index is 641. The van der Waals surface area contributed by atoms with Crippen LogP contribution in [-0.4, -0.2) is 5.11 Å². The smallest absolute Gasteiger partial charge is 0.115 e. The van der Waals surface area contributed by atoms with Gasteiger partial charge in [0.15, 0.2) is 0 Å². The largest absolute Gasteiger partial charge is 0.508 e. The summed E-state index contributed by atoms with van der Waals surface area (Å²) in [7, 11) is 0. The van der Waals surface area contributed by atoms with Crippen molar-refractivity contribution in [2.75, 3.05) is 5.73 Å². The normalized spacial score (nSPS) is 10.6. The minimum Gasteiger partial charge on any atom is -0.508 e. The van der Waals surface area contributed by atoms with Gasteiger partial charge in [-0.1, -0.05) is 43.7 Å². The van der Waals surface area contributed by atoms with Crippen LogP contribution in [0.5, 0.6) is 5.75 Å². The molecule has 21 heavy (non-hydrogen) atoms. The van der Waals surface area contributed by atoms with Crippen molar-refractivity contribution >= 4 is 5.69 Å². The first kappa shape index (κ1) is 15.2. The summed E-state index contributed by atoms with van der Waals surface area (Å²) < 4.78 is 0. The molecule has 3 N–H and O–H groups in total. The van der Waals surface area contributed by atoms with E-state index in [9.17, 15) is 5.11 Å². The third kappa shape index (κ3) is 3.66. The van der Waals surface area contributed by atoms with E-state index in [0.29, 0.717) is 0 Å². The Morgan fingerprint density at radius 1 is 1.19 bits per heavy atom. The SMILES string of the molecule is C=C(C)Cc1c(N)cc(CCC)cc1-c1ccc(O)cc1. The maximum Gasteiger partial charge on any atom is 0.115 e. The fraction of sp³-hybridized carbons (Fsp3) is 0.263. The van der Waals surface area contributed by atoms with E-state index >= 15 is 0 Å². The zero-order valence-electron chi connectivity index (χ0n) is 12.8. The predicted molar refractivity (Wildman–Crippen MR) is 90.5 cm³/mol. The van der Waals surface area contributed by atoms with Gasteiger partial charge in [0.2, 0.25) is 0 Å². The molecule has 2 nitrogen and oxygen atoms in total. The lowest BCUT2D eigenvalue weighted by atomic mass is 9.91. The van der Waals surface area contributed by atoms with Crippen molar-refractivity contribution in [2.24, 2.45) is 0 Å². The molecule has 0 aromatic heterocycles. The van der Waals surface area contributed by atoms with Crippen molar-refractivity contribution in [1.82, 2.24) is 0 Å². The molecule has 2 rings (SSSR count). The highest BCUT2D eigenvalue weighted by Crippen LogP contribution is 2.32. The fourth-order valence-corrected chi connectivity index (χ4v) is 2.59. The number of nitrogens with two attached hydrogens (primary N) is 1. The van der Waals surface area contributed by atoms with Gasteiger partial charge in [-0.25, -0.2) is 0 Å². The third-order valence-corrected chi connectivity index (χ3v) is 3.54. The molecule has 0 spiro atoms. The van der Waals surface area contributed by atoms with E-state index in [-0.39, 0.29) is 5.75 Å². The van der Waals surface area contributed by atoms with E-state index in [2.05, 4.69) is 25.6 Å². The predicted octanol–water partition coefficient (Wildman–Crippen LogP) is 4.71. The number of hydrogen-bond donors (Lipinski definition) is 2. The van der Waals surface area contributed by atoms with Crippen LogP contribution in [0.1, 0.15) is 31.4 Å². The lowest BCUT2D eigenvalue weighted by molar-refractivity contribution is 0.475. The van der Waals surface area contributed by atoms with E-state index in [1.807, 2.05) is 19.1 Å². The Morgan fingerprint density at radius 2 is 1.86 bits per heavy atom. The summed E-state index contributed by atoms with van der Waals surface area (Å²) in [6.45, 7) is 8.18. The number of phenolic OH excluding ortho intramolecular Hbond substituents is 1. The van der Waals surface area contributed by atoms with Gasteiger partial charge in [-0.3, -0.25) is 0 Å². The number of nitrogen functional groups attached to an aromatic ring is 1. The highest BCUT2D eigenvalue weighted by atomic mass is 16.3. The van der Waals surface area contributed by atoms with Crippen LogP contribution in [0.15, 0.2) is 48.6 Å². The number of anilines is 1. The third-order valence-electron chi connectivity index (χ3n) is 3.54. The highest BCUT2D eigenvalue weighted by molar-refractivity contribution is 5.75. The van der Waals surface area contributed by atoms with Crippen molar-refractivity contribution in [3.8, 4) is 16.9 Å². The summed E-state index contributed by atoms with van der Waals surface area (Å²) in [5, 5.41) is 9.47. The molecule has 2 aromatic carbocycles. The molecule has 0 aliphatic heterocycles. The molecule has 0 bridgehead atoms. The first-order chi connectivity index (χ1) is 10.0. The van der Waals surface area contributed by atoms with Gasteiger partial charge in [0, 0.05) is 5.69 Å². The molecule has 110 valence electrons. The average Bonchev–Trinajstić information content (AvgIpc) is 2.42. The van der Waals surface area contributed by atoms with Crippen LogP contribution >= 0.6 is 0 Å². The van der Waals surface area contributed by atoms with Crippen molar-refractivity contribution in [3.63, 3.8) is 0 Å². The molecule has 0 radical (unpaired) electrons. The second-order valence-corrected chi connectivity index (χ2v) is 5.64. The molecule has 0 saturated carbocycles. The average molecular weight is 281 g/mol. The molecular weight excluding hydrogens is 258 g/mol. The maximum absolute atomic E-state index is 9.47. The maximum atomic E-state index is 9.47. The van der Waals surface area contributed by atoms with Crippen LogP contribution in [0.2, 0.25) is 0 Å². The number of benzene rings is 2. The molecule has 2 aromatic rings. The zero-order chi connectivity index (χ0) is 15.4. The van der Waals surface area contributed by atoms with Gasteiger partial charge >= 0.3 is 0 Å². The van der Waals surface area contributed by atoms with Gasteiger partial charge in [0.1, 0.15) is 5.75 Å². The summed E-state index contributed by atoms with van der Waals surface area (Å²) in [5.41, 5.74) is 12.8. The van der Waals surface area contributed by atoms with Gasteiger partial charge < -0.3 is 10.8 Å². The van der Waals surface area contributed by atoms with Gasteiger partial charge in [-0.15, -0.1) is 0 Å². The van der Waals surface area contributed by atoms with E-state index < -0.39 is 0 Å². The standard InChI is InChI=1S/C19H23NO/c1-4-5-14-11-17(15-6-8-16(21)9-7-15)18(10-13(2)3)19(20)12-14/h6-9,11-12,21H,2,4-5,10,20H2,1,3H3. The molecule has 0 amide bonds. The highest BCUT2D eigenvalue weighted by Gasteiger charge is 2.11. The molecule has 2 heteroatoms. The second-order valence-electron chi connectivity index (χ2n) is 5.64. The number of phenols is 1. The van der Waals surface area contributed by atoms with Crippen molar-refractivity contribution in [3.05, 3.63) is 59.7 Å². The number of rotatable bonds is 5. The van der Waals surface area contributed by atoms with E-state index in [0.717, 1.165) is 47.2 Å². The first-order valence-electron chi connectivity index (χ1n) is 7.36. The van der Waals surface area contributed by atoms with Crippen LogP contribution in [-0.2, 0) is 12.8 Å². The van der Waals surface area contributed by atoms with Crippen LogP contribution in [0.25, 0.3) is 11.1 Å². The topological polar surface area (TPSA) is 46.2 Å².